The summed E-state index contributed by atoms with van der Waals surface area (Å²) in [5.74, 6) is 0.961. The zero-order valence-electron chi connectivity index (χ0n) is 14.8. The molecule has 1 unspecified atom stereocenters. The number of hydrogen-bond acceptors (Lipinski definition) is 1. The molecule has 1 aliphatic heterocycles. The first kappa shape index (κ1) is 15.3. The van der Waals surface area contributed by atoms with Gasteiger partial charge in [0.15, 0.2) is 0 Å². The SMILES string of the molecule is CC(C)C(c1cccc2c1NCCC2)c1cn(C)c2ccccc12. The Balaban J connectivity index is 1.93. The standard InChI is InChI=1S/C22H26N2/c1-15(2)21(18-11-6-8-16-9-7-13-23-22(16)18)19-14-24(3)20-12-5-4-10-17(19)20/h4-6,8,10-12,14-15,21,23H,7,9,13H2,1-3H3. The molecular formula is C22H26N2. The summed E-state index contributed by atoms with van der Waals surface area (Å²) in [5, 5.41) is 5.07. The summed E-state index contributed by atoms with van der Waals surface area (Å²) in [5.41, 5.74) is 7.08. The summed E-state index contributed by atoms with van der Waals surface area (Å²) in [4.78, 5) is 0. The normalized spacial score (nSPS) is 15.3. The van der Waals surface area contributed by atoms with Crippen molar-refractivity contribution in [1.29, 1.82) is 0 Å². The Morgan fingerprint density at radius 1 is 1.00 bits per heavy atom. The smallest absolute Gasteiger partial charge is 0.0480 e. The third-order valence-corrected chi connectivity index (χ3v) is 5.37. The number of nitrogens with one attached hydrogen (secondary N) is 1. The minimum absolute atomic E-state index is 0.414. The van der Waals surface area contributed by atoms with Crippen LogP contribution in [0, 0.1) is 5.92 Å². The van der Waals surface area contributed by atoms with Crippen LogP contribution in [0.2, 0.25) is 0 Å². The monoisotopic (exact) mass is 318 g/mol. The maximum Gasteiger partial charge on any atom is 0.0480 e. The second kappa shape index (κ2) is 6.01. The van der Waals surface area contributed by atoms with Crippen molar-refractivity contribution in [1.82, 2.24) is 4.57 Å². The van der Waals surface area contributed by atoms with E-state index in [-0.39, 0.29) is 0 Å². The Morgan fingerprint density at radius 3 is 2.67 bits per heavy atom. The second-order valence-electron chi connectivity index (χ2n) is 7.35. The van der Waals surface area contributed by atoms with Gasteiger partial charge in [-0.15, -0.1) is 0 Å². The fourth-order valence-corrected chi connectivity index (χ4v) is 4.30. The maximum absolute atomic E-state index is 3.68. The van der Waals surface area contributed by atoms with Gasteiger partial charge in [0.1, 0.15) is 0 Å². The van der Waals surface area contributed by atoms with Crippen molar-refractivity contribution < 1.29 is 0 Å². The molecule has 0 bridgehead atoms. The predicted octanol–water partition coefficient (Wildman–Crippen LogP) is 5.32. The van der Waals surface area contributed by atoms with Crippen LogP contribution in [0.4, 0.5) is 5.69 Å². The van der Waals surface area contributed by atoms with Crippen molar-refractivity contribution in [2.75, 3.05) is 11.9 Å². The highest BCUT2D eigenvalue weighted by molar-refractivity contribution is 5.85. The quantitative estimate of drug-likeness (QED) is 0.691. The third kappa shape index (κ3) is 2.41. The molecule has 1 atom stereocenters. The van der Waals surface area contributed by atoms with Crippen LogP contribution in [-0.2, 0) is 13.5 Å². The van der Waals surface area contributed by atoms with E-state index in [0.717, 1.165) is 6.54 Å². The fourth-order valence-electron chi connectivity index (χ4n) is 4.30. The Hall–Kier alpha value is -2.22. The van der Waals surface area contributed by atoms with Crippen molar-refractivity contribution in [3.63, 3.8) is 0 Å². The molecule has 4 rings (SSSR count). The van der Waals surface area contributed by atoms with Crippen LogP contribution >= 0.6 is 0 Å². The third-order valence-electron chi connectivity index (χ3n) is 5.37. The van der Waals surface area contributed by atoms with Gasteiger partial charge < -0.3 is 9.88 Å². The van der Waals surface area contributed by atoms with Crippen LogP contribution in [0.15, 0.2) is 48.7 Å². The Bertz CT molecular complexity index is 873. The second-order valence-corrected chi connectivity index (χ2v) is 7.35. The topological polar surface area (TPSA) is 17.0 Å². The van der Waals surface area contributed by atoms with Crippen molar-refractivity contribution >= 4 is 16.6 Å². The lowest BCUT2D eigenvalue weighted by Gasteiger charge is -2.28. The van der Waals surface area contributed by atoms with Gasteiger partial charge in [0.05, 0.1) is 0 Å². The fraction of sp³-hybridized carbons (Fsp3) is 0.364. The zero-order valence-corrected chi connectivity index (χ0v) is 14.8. The van der Waals surface area contributed by atoms with Crippen LogP contribution in [0.25, 0.3) is 10.9 Å². The Kier molecular flexibility index (Phi) is 3.84. The number of benzene rings is 2. The van der Waals surface area contributed by atoms with Crippen LogP contribution in [0.3, 0.4) is 0 Å². The number of rotatable bonds is 3. The summed E-state index contributed by atoms with van der Waals surface area (Å²) >= 11 is 0. The molecule has 2 nitrogen and oxygen atoms in total. The van der Waals surface area contributed by atoms with Gasteiger partial charge in [-0.05, 0) is 41.5 Å². The minimum atomic E-state index is 0.414. The lowest BCUT2D eigenvalue weighted by molar-refractivity contribution is 0.565. The van der Waals surface area contributed by atoms with Crippen LogP contribution in [0.1, 0.15) is 42.9 Å². The molecule has 0 aliphatic carbocycles. The Labute approximate surface area is 144 Å². The van der Waals surface area contributed by atoms with Crippen molar-refractivity contribution in [2.24, 2.45) is 13.0 Å². The molecule has 1 aromatic heterocycles. The van der Waals surface area contributed by atoms with Gasteiger partial charge in [-0.3, -0.25) is 0 Å². The van der Waals surface area contributed by atoms with E-state index in [1.54, 1.807) is 0 Å². The molecule has 3 aromatic rings. The molecule has 0 fully saturated rings. The molecule has 2 aromatic carbocycles. The van der Waals surface area contributed by atoms with Crippen molar-refractivity contribution in [3.8, 4) is 0 Å². The highest BCUT2D eigenvalue weighted by Gasteiger charge is 2.26. The molecule has 1 aliphatic rings. The number of fused-ring (bicyclic) bond motifs is 2. The van der Waals surface area contributed by atoms with Crippen LogP contribution < -0.4 is 5.32 Å². The summed E-state index contributed by atoms with van der Waals surface area (Å²) in [6.45, 7) is 5.77. The number of hydrogen-bond donors (Lipinski definition) is 1. The largest absolute Gasteiger partial charge is 0.385 e. The number of nitrogens with zero attached hydrogens (tertiary/aromatic N) is 1. The van der Waals surface area contributed by atoms with Gasteiger partial charge in [-0.25, -0.2) is 0 Å². The number of aryl methyl sites for hydroxylation is 2. The van der Waals surface area contributed by atoms with Gasteiger partial charge in [0, 0.05) is 42.3 Å². The van der Waals surface area contributed by atoms with Crippen LogP contribution in [0.5, 0.6) is 0 Å². The van der Waals surface area contributed by atoms with Crippen LogP contribution in [-0.4, -0.2) is 11.1 Å². The molecule has 1 N–H and O–H groups in total. The lowest BCUT2D eigenvalue weighted by atomic mass is 9.80. The highest BCUT2D eigenvalue weighted by Crippen LogP contribution is 2.41. The van der Waals surface area contributed by atoms with Gasteiger partial charge in [-0.1, -0.05) is 50.2 Å². The number of aromatic nitrogens is 1. The molecule has 0 spiro atoms. The van der Waals surface area contributed by atoms with E-state index in [4.69, 9.17) is 0 Å². The molecule has 0 saturated carbocycles. The predicted molar refractivity (Wildman–Crippen MR) is 103 cm³/mol. The first-order chi connectivity index (χ1) is 11.7. The van der Waals surface area contributed by atoms with Gasteiger partial charge >= 0.3 is 0 Å². The number of para-hydroxylation sites is 2. The molecule has 2 heterocycles. The molecule has 2 heteroatoms. The first-order valence-electron chi connectivity index (χ1n) is 9.06. The van der Waals surface area contributed by atoms with E-state index >= 15 is 0 Å². The van der Waals surface area contributed by atoms with E-state index in [9.17, 15) is 0 Å². The molecular weight excluding hydrogens is 292 g/mol. The lowest BCUT2D eigenvalue weighted by Crippen LogP contribution is -2.17. The van der Waals surface area contributed by atoms with Gasteiger partial charge in [0.25, 0.3) is 0 Å². The van der Waals surface area contributed by atoms with Gasteiger partial charge in [0.2, 0.25) is 0 Å². The molecule has 0 saturated heterocycles. The van der Waals surface area contributed by atoms with E-state index < -0.39 is 0 Å². The zero-order chi connectivity index (χ0) is 16.7. The van der Waals surface area contributed by atoms with E-state index in [1.165, 1.54) is 46.1 Å². The molecule has 24 heavy (non-hydrogen) atoms. The van der Waals surface area contributed by atoms with Gasteiger partial charge in [-0.2, -0.15) is 0 Å². The van der Waals surface area contributed by atoms with Crippen molar-refractivity contribution in [3.05, 3.63) is 65.4 Å². The van der Waals surface area contributed by atoms with E-state index in [2.05, 4.69) is 79.4 Å². The summed E-state index contributed by atoms with van der Waals surface area (Å²) in [6.07, 6.45) is 4.76. The average Bonchev–Trinajstić information content (AvgIpc) is 2.92. The molecule has 124 valence electrons. The Morgan fingerprint density at radius 2 is 1.83 bits per heavy atom. The highest BCUT2D eigenvalue weighted by atomic mass is 14.9. The van der Waals surface area contributed by atoms with E-state index in [0.29, 0.717) is 11.8 Å². The van der Waals surface area contributed by atoms with E-state index in [1.807, 2.05) is 0 Å². The average molecular weight is 318 g/mol. The number of anilines is 1. The first-order valence-corrected chi connectivity index (χ1v) is 9.06. The minimum Gasteiger partial charge on any atom is -0.385 e. The summed E-state index contributed by atoms with van der Waals surface area (Å²) in [6, 6.07) is 15.6. The summed E-state index contributed by atoms with van der Waals surface area (Å²) in [7, 11) is 2.15. The summed E-state index contributed by atoms with van der Waals surface area (Å²) < 4.78 is 2.27. The molecule has 0 radical (unpaired) electrons. The van der Waals surface area contributed by atoms with Crippen molar-refractivity contribution in [2.45, 2.75) is 32.6 Å². The molecule has 0 amide bonds. The maximum atomic E-state index is 3.68.